The lowest BCUT2D eigenvalue weighted by Gasteiger charge is -2.42. The van der Waals surface area contributed by atoms with E-state index >= 15 is 0 Å². The maximum atomic E-state index is 8.50. The minimum atomic E-state index is 0.356. The molecule has 2 heteroatoms. The van der Waals surface area contributed by atoms with Crippen LogP contribution < -0.4 is 5.32 Å². The first-order valence-corrected chi connectivity index (χ1v) is 5.33. The Kier molecular flexibility index (Phi) is 3.74. The molecule has 1 aliphatic carbocycles. The van der Waals surface area contributed by atoms with E-state index in [-0.39, 0.29) is 0 Å². The molecule has 1 rings (SSSR count). The van der Waals surface area contributed by atoms with Crippen LogP contribution in [-0.2, 0) is 0 Å². The predicted octanol–water partition coefficient (Wildman–Crippen LogP) is 2.46. The highest BCUT2D eigenvalue weighted by Crippen LogP contribution is 2.43. The second-order valence-corrected chi connectivity index (χ2v) is 4.35. The molecule has 13 heavy (non-hydrogen) atoms. The number of nitrogens with zero attached hydrogens (tertiary/aromatic N) is 1. The molecule has 0 aromatic rings. The molecular formula is C11H20N2. The molecule has 0 radical (unpaired) electrons. The van der Waals surface area contributed by atoms with E-state index in [0.29, 0.717) is 17.9 Å². The van der Waals surface area contributed by atoms with Gasteiger partial charge >= 0.3 is 0 Å². The summed E-state index contributed by atoms with van der Waals surface area (Å²) < 4.78 is 0. The molecule has 1 unspecified atom stereocenters. The summed E-state index contributed by atoms with van der Waals surface area (Å²) in [6.45, 7) is 5.47. The van der Waals surface area contributed by atoms with Crippen molar-refractivity contribution >= 4 is 0 Å². The lowest BCUT2D eigenvalue weighted by Crippen LogP contribution is -2.42. The van der Waals surface area contributed by atoms with Gasteiger partial charge in [0, 0.05) is 12.6 Å². The monoisotopic (exact) mass is 180 g/mol. The number of nitrogens with one attached hydrogen (secondary N) is 1. The third-order valence-corrected chi connectivity index (χ3v) is 3.39. The molecule has 2 nitrogen and oxygen atoms in total. The van der Waals surface area contributed by atoms with E-state index in [1.165, 1.54) is 25.7 Å². The number of rotatable bonds is 5. The van der Waals surface area contributed by atoms with E-state index in [0.717, 1.165) is 6.54 Å². The van der Waals surface area contributed by atoms with Crippen LogP contribution in [0.1, 0.15) is 46.0 Å². The molecule has 0 saturated heterocycles. The van der Waals surface area contributed by atoms with E-state index < -0.39 is 0 Å². The summed E-state index contributed by atoms with van der Waals surface area (Å²) in [5.74, 6) is 0. The van der Waals surface area contributed by atoms with Crippen molar-refractivity contribution in [3.63, 3.8) is 0 Å². The molecule has 1 N–H and O–H groups in total. The highest BCUT2D eigenvalue weighted by atomic mass is 14.9. The molecule has 0 aromatic carbocycles. The van der Waals surface area contributed by atoms with Gasteiger partial charge in [-0.05, 0) is 31.6 Å². The van der Waals surface area contributed by atoms with Crippen LogP contribution in [0.15, 0.2) is 0 Å². The van der Waals surface area contributed by atoms with Crippen molar-refractivity contribution in [2.45, 2.75) is 52.0 Å². The SMILES string of the molecule is CCC1(CNC(C)CC#N)CCC1. The van der Waals surface area contributed by atoms with Gasteiger partial charge in [-0.2, -0.15) is 5.26 Å². The van der Waals surface area contributed by atoms with Crippen LogP contribution in [0.5, 0.6) is 0 Å². The maximum absolute atomic E-state index is 8.50. The van der Waals surface area contributed by atoms with Gasteiger partial charge in [0.1, 0.15) is 0 Å². The van der Waals surface area contributed by atoms with E-state index in [2.05, 4.69) is 25.2 Å². The molecule has 0 bridgehead atoms. The molecule has 74 valence electrons. The minimum absolute atomic E-state index is 0.356. The Morgan fingerprint density at radius 2 is 2.23 bits per heavy atom. The third-order valence-electron chi connectivity index (χ3n) is 3.39. The van der Waals surface area contributed by atoms with Gasteiger partial charge in [0.15, 0.2) is 0 Å². The summed E-state index contributed by atoms with van der Waals surface area (Å²) in [6.07, 6.45) is 6.03. The molecule has 1 fully saturated rings. The lowest BCUT2D eigenvalue weighted by atomic mass is 9.67. The Morgan fingerprint density at radius 3 is 2.62 bits per heavy atom. The Bertz CT molecular complexity index is 183. The van der Waals surface area contributed by atoms with Gasteiger partial charge in [0.25, 0.3) is 0 Å². The van der Waals surface area contributed by atoms with E-state index in [4.69, 9.17) is 5.26 Å². The number of hydrogen-bond donors (Lipinski definition) is 1. The first kappa shape index (κ1) is 10.5. The molecular weight excluding hydrogens is 160 g/mol. The molecule has 0 amide bonds. The van der Waals surface area contributed by atoms with Gasteiger partial charge in [-0.25, -0.2) is 0 Å². The van der Waals surface area contributed by atoms with Crippen LogP contribution in [0.3, 0.4) is 0 Å². The quantitative estimate of drug-likeness (QED) is 0.705. The summed E-state index contributed by atoms with van der Waals surface area (Å²) >= 11 is 0. The normalized spacial score (nSPS) is 21.6. The zero-order chi connectivity index (χ0) is 9.73. The summed E-state index contributed by atoms with van der Waals surface area (Å²) in [5, 5.41) is 12.0. The Hall–Kier alpha value is -0.550. The first-order chi connectivity index (χ1) is 6.22. The fourth-order valence-electron chi connectivity index (χ4n) is 1.93. The van der Waals surface area contributed by atoms with E-state index in [1.807, 2.05) is 0 Å². The van der Waals surface area contributed by atoms with Gasteiger partial charge in [0.2, 0.25) is 0 Å². The van der Waals surface area contributed by atoms with Crippen LogP contribution >= 0.6 is 0 Å². The highest BCUT2D eigenvalue weighted by molar-refractivity contribution is 4.89. The van der Waals surface area contributed by atoms with Crippen molar-refractivity contribution in [2.24, 2.45) is 5.41 Å². The summed E-state index contributed by atoms with van der Waals surface area (Å²) in [5.41, 5.74) is 0.573. The average Bonchev–Trinajstić information content (AvgIpc) is 2.04. The van der Waals surface area contributed by atoms with Crippen LogP contribution in [0.25, 0.3) is 0 Å². The lowest BCUT2D eigenvalue weighted by molar-refractivity contribution is 0.120. The van der Waals surface area contributed by atoms with Gasteiger partial charge in [-0.3, -0.25) is 0 Å². The van der Waals surface area contributed by atoms with E-state index in [9.17, 15) is 0 Å². The molecule has 0 heterocycles. The van der Waals surface area contributed by atoms with Gasteiger partial charge in [-0.1, -0.05) is 13.3 Å². The highest BCUT2D eigenvalue weighted by Gasteiger charge is 2.34. The van der Waals surface area contributed by atoms with Crippen LogP contribution in [0, 0.1) is 16.7 Å². The molecule has 1 aliphatic rings. The maximum Gasteiger partial charge on any atom is 0.0638 e. The van der Waals surface area contributed by atoms with Gasteiger partial charge in [0.05, 0.1) is 12.5 Å². The standard InChI is InChI=1S/C11H20N2/c1-3-11(6-4-7-11)9-13-10(2)5-8-12/h10,13H,3-7,9H2,1-2H3. The van der Waals surface area contributed by atoms with Crippen molar-refractivity contribution in [3.8, 4) is 6.07 Å². The fourth-order valence-corrected chi connectivity index (χ4v) is 1.93. The zero-order valence-corrected chi connectivity index (χ0v) is 8.77. The molecule has 1 saturated carbocycles. The van der Waals surface area contributed by atoms with Gasteiger partial charge in [-0.15, -0.1) is 0 Å². The number of hydrogen-bond acceptors (Lipinski definition) is 2. The van der Waals surface area contributed by atoms with Crippen LogP contribution in [-0.4, -0.2) is 12.6 Å². The third kappa shape index (κ3) is 2.70. The van der Waals surface area contributed by atoms with Crippen LogP contribution in [0.2, 0.25) is 0 Å². The number of nitriles is 1. The second-order valence-electron chi connectivity index (χ2n) is 4.35. The molecule has 1 atom stereocenters. The molecule has 0 aliphatic heterocycles. The Morgan fingerprint density at radius 1 is 1.54 bits per heavy atom. The topological polar surface area (TPSA) is 35.8 Å². The second kappa shape index (κ2) is 4.62. The van der Waals surface area contributed by atoms with E-state index in [1.54, 1.807) is 0 Å². The Labute approximate surface area is 81.3 Å². The van der Waals surface area contributed by atoms with Crippen LogP contribution in [0.4, 0.5) is 0 Å². The van der Waals surface area contributed by atoms with Crippen molar-refractivity contribution in [1.29, 1.82) is 5.26 Å². The first-order valence-electron chi connectivity index (χ1n) is 5.33. The van der Waals surface area contributed by atoms with Crippen molar-refractivity contribution in [2.75, 3.05) is 6.54 Å². The van der Waals surface area contributed by atoms with Crippen molar-refractivity contribution in [3.05, 3.63) is 0 Å². The molecule has 0 aromatic heterocycles. The smallest absolute Gasteiger partial charge is 0.0638 e. The Balaban J connectivity index is 2.21. The summed E-state index contributed by atoms with van der Waals surface area (Å²) in [7, 11) is 0. The minimum Gasteiger partial charge on any atom is -0.313 e. The largest absolute Gasteiger partial charge is 0.313 e. The van der Waals surface area contributed by atoms with Crippen molar-refractivity contribution < 1.29 is 0 Å². The predicted molar refractivity (Wildman–Crippen MR) is 54.3 cm³/mol. The summed E-state index contributed by atoms with van der Waals surface area (Å²) in [6, 6.07) is 2.55. The van der Waals surface area contributed by atoms with Gasteiger partial charge < -0.3 is 5.32 Å². The summed E-state index contributed by atoms with van der Waals surface area (Å²) in [4.78, 5) is 0. The van der Waals surface area contributed by atoms with Crippen molar-refractivity contribution in [1.82, 2.24) is 5.32 Å². The average molecular weight is 180 g/mol. The molecule has 0 spiro atoms. The fraction of sp³-hybridized carbons (Fsp3) is 0.909. The zero-order valence-electron chi connectivity index (χ0n) is 8.77.